The first-order chi connectivity index (χ1) is 8.54. The van der Waals surface area contributed by atoms with Crippen molar-refractivity contribution in [2.75, 3.05) is 25.9 Å². The van der Waals surface area contributed by atoms with Crippen LogP contribution in [0.15, 0.2) is 24.3 Å². The van der Waals surface area contributed by atoms with Crippen LogP contribution in [0, 0.1) is 0 Å². The van der Waals surface area contributed by atoms with Gasteiger partial charge >= 0.3 is 0 Å². The van der Waals surface area contributed by atoms with Crippen molar-refractivity contribution in [1.29, 1.82) is 0 Å². The van der Waals surface area contributed by atoms with Crippen molar-refractivity contribution in [1.82, 2.24) is 4.90 Å². The molecule has 1 aliphatic heterocycles. The lowest BCUT2D eigenvalue weighted by Gasteiger charge is -2.39. The minimum Gasteiger partial charge on any atom is -0.399 e. The number of piperidine rings is 1. The number of amides is 1. The third kappa shape index (κ3) is 2.64. The van der Waals surface area contributed by atoms with Gasteiger partial charge in [0.05, 0.1) is 5.60 Å². The number of carbonyl (C=O) groups is 1. The van der Waals surface area contributed by atoms with E-state index in [9.17, 15) is 4.79 Å². The molecule has 4 nitrogen and oxygen atoms in total. The first-order valence-corrected chi connectivity index (χ1v) is 6.24. The van der Waals surface area contributed by atoms with Crippen molar-refractivity contribution in [2.24, 2.45) is 0 Å². The Balaban J connectivity index is 2.11. The van der Waals surface area contributed by atoms with E-state index in [1.54, 1.807) is 31.4 Å². The normalized spacial score (nSPS) is 24.0. The number of ether oxygens (including phenoxy) is 1. The SMILES string of the molecule is COC1(C)CCCN(C(=O)c2ccc(N)cc2)C1. The maximum absolute atomic E-state index is 12.3. The standard InChI is InChI=1S/C14H20N2O2/c1-14(18-2)8-3-9-16(10-14)13(17)11-4-6-12(15)7-5-11/h4-7H,3,8-10,15H2,1-2H3. The third-order valence-electron chi connectivity index (χ3n) is 3.60. The lowest BCUT2D eigenvalue weighted by Crippen LogP contribution is -2.49. The molecule has 0 radical (unpaired) electrons. The van der Waals surface area contributed by atoms with Crippen molar-refractivity contribution in [3.8, 4) is 0 Å². The van der Waals surface area contributed by atoms with E-state index in [2.05, 4.69) is 6.92 Å². The monoisotopic (exact) mass is 248 g/mol. The number of nitrogen functional groups attached to an aromatic ring is 1. The molecule has 1 saturated heterocycles. The van der Waals surface area contributed by atoms with Crippen LogP contribution >= 0.6 is 0 Å². The fraction of sp³-hybridized carbons (Fsp3) is 0.500. The molecule has 1 aromatic rings. The summed E-state index contributed by atoms with van der Waals surface area (Å²) in [6, 6.07) is 7.06. The molecule has 1 amide bonds. The van der Waals surface area contributed by atoms with Crippen LogP contribution in [-0.2, 0) is 4.74 Å². The van der Waals surface area contributed by atoms with E-state index >= 15 is 0 Å². The molecule has 2 rings (SSSR count). The molecule has 0 bridgehead atoms. The molecular weight excluding hydrogens is 228 g/mol. The Morgan fingerprint density at radius 3 is 2.67 bits per heavy atom. The van der Waals surface area contributed by atoms with Crippen molar-refractivity contribution < 1.29 is 9.53 Å². The first-order valence-electron chi connectivity index (χ1n) is 6.24. The summed E-state index contributed by atoms with van der Waals surface area (Å²) in [6.45, 7) is 3.49. The molecule has 0 spiro atoms. The Labute approximate surface area is 108 Å². The number of hydrogen-bond donors (Lipinski definition) is 1. The van der Waals surface area contributed by atoms with Crippen LogP contribution in [0.3, 0.4) is 0 Å². The summed E-state index contributed by atoms with van der Waals surface area (Å²) in [7, 11) is 1.71. The van der Waals surface area contributed by atoms with Gasteiger partial charge in [0, 0.05) is 31.5 Å². The first kappa shape index (κ1) is 12.9. The topological polar surface area (TPSA) is 55.6 Å². The zero-order valence-corrected chi connectivity index (χ0v) is 11.0. The molecule has 1 aliphatic rings. The van der Waals surface area contributed by atoms with E-state index in [0.717, 1.165) is 19.4 Å². The number of nitrogens with zero attached hydrogens (tertiary/aromatic N) is 1. The van der Waals surface area contributed by atoms with Crippen LogP contribution in [0.1, 0.15) is 30.1 Å². The maximum Gasteiger partial charge on any atom is 0.253 e. The fourth-order valence-corrected chi connectivity index (χ4v) is 2.35. The number of likely N-dealkylation sites (tertiary alicyclic amines) is 1. The number of hydrogen-bond acceptors (Lipinski definition) is 3. The molecule has 18 heavy (non-hydrogen) atoms. The van der Waals surface area contributed by atoms with Crippen LogP contribution in [0.5, 0.6) is 0 Å². The molecule has 1 fully saturated rings. The molecule has 1 atom stereocenters. The summed E-state index contributed by atoms with van der Waals surface area (Å²) in [5, 5.41) is 0. The van der Waals surface area contributed by atoms with Crippen LogP contribution < -0.4 is 5.73 Å². The number of nitrogens with two attached hydrogens (primary N) is 1. The van der Waals surface area contributed by atoms with E-state index in [4.69, 9.17) is 10.5 Å². The molecule has 1 heterocycles. The van der Waals surface area contributed by atoms with Crippen molar-refractivity contribution in [3.05, 3.63) is 29.8 Å². The predicted molar refractivity (Wildman–Crippen MR) is 71.4 cm³/mol. The van der Waals surface area contributed by atoms with Gasteiger partial charge in [-0.05, 0) is 44.0 Å². The second kappa shape index (κ2) is 4.98. The van der Waals surface area contributed by atoms with Gasteiger partial charge < -0.3 is 15.4 Å². The van der Waals surface area contributed by atoms with Crippen LogP contribution in [0.4, 0.5) is 5.69 Å². The highest BCUT2D eigenvalue weighted by atomic mass is 16.5. The van der Waals surface area contributed by atoms with Gasteiger partial charge in [-0.25, -0.2) is 0 Å². The molecule has 0 aliphatic carbocycles. The average molecular weight is 248 g/mol. The minimum absolute atomic E-state index is 0.0537. The summed E-state index contributed by atoms with van der Waals surface area (Å²) in [4.78, 5) is 14.2. The largest absolute Gasteiger partial charge is 0.399 e. The molecule has 4 heteroatoms. The molecule has 0 saturated carbocycles. The summed E-state index contributed by atoms with van der Waals surface area (Å²) in [6.07, 6.45) is 1.97. The van der Waals surface area contributed by atoms with E-state index in [0.29, 0.717) is 17.8 Å². The zero-order valence-electron chi connectivity index (χ0n) is 11.0. The van der Waals surface area contributed by atoms with Crippen molar-refractivity contribution in [2.45, 2.75) is 25.4 Å². The minimum atomic E-state index is -0.221. The van der Waals surface area contributed by atoms with E-state index in [1.807, 2.05) is 4.90 Å². The number of carbonyl (C=O) groups excluding carboxylic acids is 1. The highest BCUT2D eigenvalue weighted by molar-refractivity contribution is 5.94. The molecule has 98 valence electrons. The third-order valence-corrected chi connectivity index (χ3v) is 3.60. The lowest BCUT2D eigenvalue weighted by molar-refractivity contribution is -0.0440. The number of rotatable bonds is 2. The van der Waals surface area contributed by atoms with Gasteiger partial charge in [0.1, 0.15) is 0 Å². The van der Waals surface area contributed by atoms with E-state index in [1.165, 1.54) is 0 Å². The quantitative estimate of drug-likeness (QED) is 0.813. The molecule has 0 aromatic heterocycles. The highest BCUT2D eigenvalue weighted by Crippen LogP contribution is 2.25. The van der Waals surface area contributed by atoms with E-state index in [-0.39, 0.29) is 11.5 Å². The fourth-order valence-electron chi connectivity index (χ4n) is 2.35. The van der Waals surface area contributed by atoms with Gasteiger partial charge in [0.25, 0.3) is 5.91 Å². The smallest absolute Gasteiger partial charge is 0.253 e. The Kier molecular flexibility index (Phi) is 3.57. The summed E-state index contributed by atoms with van der Waals surface area (Å²) >= 11 is 0. The van der Waals surface area contributed by atoms with Gasteiger partial charge in [0.15, 0.2) is 0 Å². The van der Waals surface area contributed by atoms with Gasteiger partial charge in [-0.3, -0.25) is 4.79 Å². The predicted octanol–water partition coefficient (Wildman–Crippen LogP) is 1.91. The maximum atomic E-state index is 12.3. The van der Waals surface area contributed by atoms with Gasteiger partial charge in [0.2, 0.25) is 0 Å². The van der Waals surface area contributed by atoms with Crippen LogP contribution in [0.2, 0.25) is 0 Å². The van der Waals surface area contributed by atoms with Crippen LogP contribution in [0.25, 0.3) is 0 Å². The summed E-state index contributed by atoms with van der Waals surface area (Å²) < 4.78 is 5.50. The van der Waals surface area contributed by atoms with Crippen molar-refractivity contribution >= 4 is 11.6 Å². The second-order valence-electron chi connectivity index (χ2n) is 5.11. The number of benzene rings is 1. The van der Waals surface area contributed by atoms with Gasteiger partial charge in [-0.15, -0.1) is 0 Å². The zero-order chi connectivity index (χ0) is 13.2. The van der Waals surface area contributed by atoms with E-state index < -0.39 is 0 Å². The number of anilines is 1. The highest BCUT2D eigenvalue weighted by Gasteiger charge is 2.33. The van der Waals surface area contributed by atoms with Crippen molar-refractivity contribution in [3.63, 3.8) is 0 Å². The summed E-state index contributed by atoms with van der Waals surface area (Å²) in [5.41, 5.74) is 6.76. The Hall–Kier alpha value is -1.55. The molecular formula is C14H20N2O2. The van der Waals surface area contributed by atoms with Gasteiger partial charge in [-0.1, -0.05) is 0 Å². The molecule has 1 aromatic carbocycles. The number of methoxy groups -OCH3 is 1. The second-order valence-corrected chi connectivity index (χ2v) is 5.11. The molecule has 2 N–H and O–H groups in total. The Morgan fingerprint density at radius 2 is 2.06 bits per heavy atom. The average Bonchev–Trinajstić information content (AvgIpc) is 2.39. The summed E-state index contributed by atoms with van der Waals surface area (Å²) in [5.74, 6) is 0.0537. The lowest BCUT2D eigenvalue weighted by atomic mass is 9.94. The molecule has 1 unspecified atom stereocenters. The Bertz CT molecular complexity index is 430. The Morgan fingerprint density at radius 1 is 1.39 bits per heavy atom. The van der Waals surface area contributed by atoms with Crippen LogP contribution in [-0.4, -0.2) is 36.6 Å². The van der Waals surface area contributed by atoms with Gasteiger partial charge in [-0.2, -0.15) is 0 Å².